The van der Waals surface area contributed by atoms with E-state index < -0.39 is 0 Å². The number of nitrogens with zero attached hydrogens (tertiary/aromatic N) is 4. The standard InChI is InChI=1S/C22H20FN5OS2/c1-27-8-10-28(11-9-27)22-26-21-19(31-22)12-18(30-21)20(29)25-16-5-2-14(3-6-16)17-7-4-15(23)13-24-17/h2-7,12-13H,8-11H2,1H3,(H,25,29). The highest BCUT2D eigenvalue weighted by atomic mass is 32.1. The molecule has 1 N–H and O–H groups in total. The van der Waals surface area contributed by atoms with Gasteiger partial charge in [-0.05, 0) is 37.4 Å². The van der Waals surface area contributed by atoms with Gasteiger partial charge in [-0.2, -0.15) is 0 Å². The van der Waals surface area contributed by atoms with Crippen molar-refractivity contribution < 1.29 is 9.18 Å². The molecule has 1 saturated heterocycles. The molecule has 158 valence electrons. The lowest BCUT2D eigenvalue weighted by Crippen LogP contribution is -2.44. The summed E-state index contributed by atoms with van der Waals surface area (Å²) in [5.74, 6) is -0.516. The van der Waals surface area contributed by atoms with Crippen LogP contribution in [0.5, 0.6) is 0 Å². The Bertz CT molecular complexity index is 1180. The molecule has 1 aliphatic rings. The molecular formula is C22H20FN5OS2. The minimum absolute atomic E-state index is 0.149. The second kappa shape index (κ2) is 8.33. The molecule has 1 fully saturated rings. The fourth-order valence-electron chi connectivity index (χ4n) is 3.43. The first-order chi connectivity index (χ1) is 15.0. The molecule has 1 aromatic carbocycles. The minimum Gasteiger partial charge on any atom is -0.345 e. The molecule has 3 aromatic heterocycles. The van der Waals surface area contributed by atoms with Crippen molar-refractivity contribution in [2.45, 2.75) is 0 Å². The predicted molar refractivity (Wildman–Crippen MR) is 125 cm³/mol. The van der Waals surface area contributed by atoms with E-state index >= 15 is 0 Å². The van der Waals surface area contributed by atoms with Gasteiger partial charge in [0, 0.05) is 37.4 Å². The molecule has 0 spiro atoms. The van der Waals surface area contributed by atoms with Gasteiger partial charge in [0.25, 0.3) is 5.91 Å². The molecule has 0 bridgehead atoms. The Balaban J connectivity index is 1.26. The number of amides is 1. The van der Waals surface area contributed by atoms with Gasteiger partial charge in [0.1, 0.15) is 10.6 Å². The number of pyridine rings is 1. The maximum Gasteiger partial charge on any atom is 0.265 e. The first-order valence-electron chi connectivity index (χ1n) is 9.92. The summed E-state index contributed by atoms with van der Waals surface area (Å²) in [6.45, 7) is 4.04. The number of aromatic nitrogens is 2. The van der Waals surface area contributed by atoms with Gasteiger partial charge < -0.3 is 15.1 Å². The lowest BCUT2D eigenvalue weighted by molar-refractivity contribution is 0.103. The Hall–Kier alpha value is -2.88. The lowest BCUT2D eigenvalue weighted by atomic mass is 10.1. The Kier molecular flexibility index (Phi) is 5.39. The molecule has 4 aromatic rings. The minimum atomic E-state index is -0.367. The molecule has 6 nitrogen and oxygen atoms in total. The van der Waals surface area contributed by atoms with Crippen LogP contribution in [0.2, 0.25) is 0 Å². The highest BCUT2D eigenvalue weighted by Crippen LogP contribution is 2.35. The van der Waals surface area contributed by atoms with Crippen molar-refractivity contribution in [1.82, 2.24) is 14.9 Å². The van der Waals surface area contributed by atoms with Crippen molar-refractivity contribution in [1.29, 1.82) is 0 Å². The highest BCUT2D eigenvalue weighted by Gasteiger charge is 2.20. The number of rotatable bonds is 4. The first-order valence-corrected chi connectivity index (χ1v) is 11.6. The van der Waals surface area contributed by atoms with Crippen molar-refractivity contribution in [2.24, 2.45) is 0 Å². The van der Waals surface area contributed by atoms with E-state index in [1.165, 1.54) is 23.6 Å². The summed E-state index contributed by atoms with van der Waals surface area (Å²) in [6.07, 6.45) is 1.19. The van der Waals surface area contributed by atoms with Crippen LogP contribution in [0, 0.1) is 5.82 Å². The van der Waals surface area contributed by atoms with Crippen LogP contribution >= 0.6 is 22.7 Å². The zero-order valence-corrected chi connectivity index (χ0v) is 18.5. The number of piperazine rings is 1. The van der Waals surface area contributed by atoms with E-state index in [1.54, 1.807) is 17.4 Å². The summed E-state index contributed by atoms with van der Waals surface area (Å²) < 4.78 is 14.1. The van der Waals surface area contributed by atoms with Crippen LogP contribution < -0.4 is 10.2 Å². The predicted octanol–water partition coefficient (Wildman–Crippen LogP) is 4.56. The number of halogens is 1. The van der Waals surface area contributed by atoms with Crippen LogP contribution in [-0.4, -0.2) is 54.0 Å². The number of thiophene rings is 1. The number of hydrogen-bond acceptors (Lipinski definition) is 7. The van der Waals surface area contributed by atoms with Gasteiger partial charge in [-0.15, -0.1) is 11.3 Å². The van der Waals surface area contributed by atoms with Gasteiger partial charge in [-0.3, -0.25) is 9.78 Å². The molecule has 0 atom stereocenters. The van der Waals surface area contributed by atoms with Gasteiger partial charge in [0.2, 0.25) is 0 Å². The zero-order valence-electron chi connectivity index (χ0n) is 16.8. The summed E-state index contributed by atoms with van der Waals surface area (Å²) in [4.78, 5) is 27.7. The van der Waals surface area contributed by atoms with Crippen molar-refractivity contribution >= 4 is 48.9 Å². The number of carbonyl (C=O) groups excluding carboxylic acids is 1. The van der Waals surface area contributed by atoms with Crippen LogP contribution in [-0.2, 0) is 0 Å². The third-order valence-corrected chi connectivity index (χ3v) is 7.46. The Morgan fingerprint density at radius 3 is 2.52 bits per heavy atom. The fourth-order valence-corrected chi connectivity index (χ4v) is 5.59. The maximum atomic E-state index is 13.0. The van der Waals surface area contributed by atoms with E-state index in [1.807, 2.05) is 30.3 Å². The van der Waals surface area contributed by atoms with Crippen LogP contribution in [0.1, 0.15) is 9.67 Å². The number of thiazole rings is 1. The quantitative estimate of drug-likeness (QED) is 0.491. The number of benzene rings is 1. The summed E-state index contributed by atoms with van der Waals surface area (Å²) in [7, 11) is 2.13. The molecule has 0 saturated carbocycles. The molecule has 1 amide bonds. The van der Waals surface area contributed by atoms with Crippen molar-refractivity contribution in [3.8, 4) is 11.3 Å². The van der Waals surface area contributed by atoms with Gasteiger partial charge in [0.05, 0.1) is 21.5 Å². The van der Waals surface area contributed by atoms with Gasteiger partial charge in [-0.1, -0.05) is 23.5 Å². The third-order valence-electron chi connectivity index (χ3n) is 5.24. The molecule has 9 heteroatoms. The zero-order chi connectivity index (χ0) is 21.4. The molecular weight excluding hydrogens is 433 g/mol. The number of nitrogens with one attached hydrogen (secondary N) is 1. The number of carbonyl (C=O) groups is 1. The largest absolute Gasteiger partial charge is 0.345 e. The SMILES string of the molecule is CN1CCN(c2nc3sc(C(=O)Nc4ccc(-c5ccc(F)cn5)cc4)cc3s2)CC1. The summed E-state index contributed by atoms with van der Waals surface area (Å²) in [5.41, 5.74) is 2.23. The second-order valence-electron chi connectivity index (χ2n) is 7.46. The molecule has 0 radical (unpaired) electrons. The highest BCUT2D eigenvalue weighted by molar-refractivity contribution is 7.29. The molecule has 4 heterocycles. The summed E-state index contributed by atoms with van der Waals surface area (Å²) in [5, 5.41) is 3.97. The van der Waals surface area contributed by atoms with Crippen molar-refractivity contribution in [3.63, 3.8) is 0 Å². The van der Waals surface area contributed by atoms with E-state index in [2.05, 4.69) is 27.1 Å². The van der Waals surface area contributed by atoms with E-state index in [0.717, 1.165) is 46.4 Å². The van der Waals surface area contributed by atoms with Crippen molar-refractivity contribution in [3.05, 3.63) is 59.4 Å². The monoisotopic (exact) mass is 453 g/mol. The first kappa shape index (κ1) is 20.0. The van der Waals surface area contributed by atoms with Gasteiger partial charge >= 0.3 is 0 Å². The number of fused-ring (bicyclic) bond motifs is 1. The van der Waals surface area contributed by atoms with E-state index in [9.17, 15) is 9.18 Å². The average molecular weight is 454 g/mol. The maximum absolute atomic E-state index is 13.0. The topological polar surface area (TPSA) is 61.4 Å². The van der Waals surface area contributed by atoms with Crippen LogP contribution in [0.4, 0.5) is 15.2 Å². The molecule has 5 rings (SSSR count). The number of anilines is 2. The normalized spacial score (nSPS) is 14.8. The number of likely N-dealkylation sites (N-methyl/N-ethyl adjacent to an activating group) is 1. The Morgan fingerprint density at radius 2 is 1.84 bits per heavy atom. The van der Waals surface area contributed by atoms with Gasteiger partial charge in [0.15, 0.2) is 5.13 Å². The van der Waals surface area contributed by atoms with E-state index in [4.69, 9.17) is 4.98 Å². The van der Waals surface area contributed by atoms with E-state index in [-0.39, 0.29) is 11.7 Å². The molecule has 0 aliphatic carbocycles. The molecule has 0 unspecified atom stereocenters. The fraction of sp³-hybridized carbons (Fsp3) is 0.227. The average Bonchev–Trinajstić information content (AvgIpc) is 3.35. The molecule has 31 heavy (non-hydrogen) atoms. The third kappa shape index (κ3) is 4.30. The van der Waals surface area contributed by atoms with Crippen LogP contribution in [0.15, 0.2) is 48.7 Å². The van der Waals surface area contributed by atoms with Gasteiger partial charge in [-0.25, -0.2) is 9.37 Å². The Morgan fingerprint density at radius 1 is 1.06 bits per heavy atom. The smallest absolute Gasteiger partial charge is 0.265 e. The summed E-state index contributed by atoms with van der Waals surface area (Å²) in [6, 6.07) is 12.3. The Labute approximate surface area is 187 Å². The van der Waals surface area contributed by atoms with E-state index in [0.29, 0.717) is 16.3 Å². The lowest BCUT2D eigenvalue weighted by Gasteiger charge is -2.31. The van der Waals surface area contributed by atoms with Crippen LogP contribution in [0.25, 0.3) is 20.8 Å². The molecule has 1 aliphatic heterocycles. The van der Waals surface area contributed by atoms with Crippen LogP contribution in [0.3, 0.4) is 0 Å². The number of hydrogen-bond donors (Lipinski definition) is 1. The second-order valence-corrected chi connectivity index (χ2v) is 9.50. The van der Waals surface area contributed by atoms with Crippen molar-refractivity contribution in [2.75, 3.05) is 43.4 Å². The summed E-state index contributed by atoms with van der Waals surface area (Å²) >= 11 is 3.06.